The molecule has 0 rings (SSSR count). The molecule has 0 unspecified atom stereocenters. The molecule has 0 bridgehead atoms. The molecule has 0 saturated heterocycles. The van der Waals surface area contributed by atoms with Gasteiger partial charge in [0.15, 0.2) is 0 Å². The lowest BCUT2D eigenvalue weighted by Crippen LogP contribution is -1.36. The van der Waals surface area contributed by atoms with Crippen molar-refractivity contribution in [3.63, 3.8) is 0 Å². The summed E-state index contributed by atoms with van der Waals surface area (Å²) in [5, 5.41) is 0. The number of aldehydes is 1. The number of carbonyl (C=O) groups is 2. The van der Waals surface area contributed by atoms with Gasteiger partial charge in [0.25, 0.3) is 0 Å². The van der Waals surface area contributed by atoms with Crippen LogP contribution in [0.15, 0.2) is 0 Å². The molecule has 0 heterocycles. The van der Waals surface area contributed by atoms with Crippen LogP contribution in [0.5, 0.6) is 0 Å². The van der Waals surface area contributed by atoms with Gasteiger partial charge in [-0.2, -0.15) is 0 Å². The first-order valence-corrected chi connectivity index (χ1v) is 2.10. The fraction of sp³-hybridized carbons (Fsp3) is 0.667. The zero-order chi connectivity index (χ0) is 6.71. The van der Waals surface area contributed by atoms with Gasteiger partial charge in [0, 0.05) is 0 Å². The highest BCUT2D eigenvalue weighted by atomic mass is 16.1. The van der Waals surface area contributed by atoms with Gasteiger partial charge in [-0.15, -0.1) is 0 Å². The van der Waals surface area contributed by atoms with Gasteiger partial charge in [-0.3, -0.25) is 0 Å². The van der Waals surface area contributed by atoms with Gasteiger partial charge < -0.3 is 9.59 Å². The number of hydrogen-bond acceptors (Lipinski definition) is 2. The van der Waals surface area contributed by atoms with Crippen molar-refractivity contribution in [2.45, 2.75) is 28.2 Å². The molecule has 0 amide bonds. The maximum atomic E-state index is 8.81. The molecule has 2 nitrogen and oxygen atoms in total. The average Bonchev–Trinajstić information content (AvgIpc) is 1.78. The molecule has 0 saturated carbocycles. The first-order chi connectivity index (χ1) is 3.41. The third-order valence-corrected chi connectivity index (χ3v) is 0. The van der Waals surface area contributed by atoms with Gasteiger partial charge in [-0.05, 0) is 6.92 Å². The highest BCUT2D eigenvalue weighted by Gasteiger charge is 1.24. The lowest BCUT2D eigenvalue weighted by molar-refractivity contribution is -0.106. The van der Waals surface area contributed by atoms with Crippen LogP contribution in [0.2, 0.25) is 0 Å². The predicted octanol–water partition coefficient (Wildman–Crippen LogP) is 1.68. The van der Waals surface area contributed by atoms with E-state index in [2.05, 4.69) is 0 Å². The molecule has 0 atom stereocenters. The topological polar surface area (TPSA) is 34.1 Å². The minimum Gasteiger partial charge on any atom is -0.307 e. The van der Waals surface area contributed by atoms with Crippen LogP contribution in [0.25, 0.3) is 0 Å². The molecule has 0 aliphatic carbocycles. The largest absolute Gasteiger partial charge is 0.307 e. The Hall–Kier alpha value is -0.660. The van der Waals surface area contributed by atoms with Crippen molar-refractivity contribution in [2.75, 3.05) is 0 Å². The molecule has 0 aromatic rings. The lowest BCUT2D eigenvalue weighted by Gasteiger charge is -1.23. The van der Waals surface area contributed by atoms with Gasteiger partial charge in [-0.1, -0.05) is 21.3 Å². The van der Waals surface area contributed by atoms with E-state index in [0.29, 0.717) is 0 Å². The van der Waals surface area contributed by atoms with Gasteiger partial charge in [0.1, 0.15) is 13.1 Å². The molecule has 0 aromatic carbocycles. The first kappa shape index (κ1) is 26.4. The lowest BCUT2D eigenvalue weighted by atomic mass is 11.0. The van der Waals surface area contributed by atoms with E-state index in [1.54, 1.807) is 0 Å². The maximum absolute atomic E-state index is 8.81. The summed E-state index contributed by atoms with van der Waals surface area (Å²) < 4.78 is 0. The summed E-state index contributed by atoms with van der Waals surface area (Å²) in [5.74, 6) is 0. The Bertz CT molecular complexity index is 20.5. The molecular weight excluding hydrogens is 104 g/mol. The van der Waals surface area contributed by atoms with Crippen molar-refractivity contribution in [2.24, 2.45) is 0 Å². The first-order valence-electron chi connectivity index (χ1n) is 2.10. The molecular formula is C6H16O2. The van der Waals surface area contributed by atoms with Crippen LogP contribution in [-0.2, 0) is 9.59 Å². The Kier molecular flexibility index (Phi) is 5170. The van der Waals surface area contributed by atoms with Crippen LogP contribution >= 0.6 is 0 Å². The molecule has 0 spiro atoms. The molecule has 8 heavy (non-hydrogen) atoms. The van der Waals surface area contributed by atoms with Crippen molar-refractivity contribution in [3.8, 4) is 0 Å². The Labute approximate surface area is 51.9 Å². The molecule has 0 aliphatic rings. The van der Waals surface area contributed by atoms with Crippen molar-refractivity contribution in [1.82, 2.24) is 0 Å². The molecule has 0 fully saturated rings. The molecule has 0 aliphatic heterocycles. The Morgan fingerprint density at radius 3 is 1.25 bits per heavy atom. The fourth-order valence-corrected chi connectivity index (χ4v) is 0. The van der Waals surface area contributed by atoms with Gasteiger partial charge in [0.2, 0.25) is 0 Å². The second-order valence-electron chi connectivity index (χ2n) is 0.236. The fourth-order valence-electron chi connectivity index (χ4n) is 0. The summed E-state index contributed by atoms with van der Waals surface area (Å²) in [6.07, 6.45) is 0.750. The smallest absolute Gasteiger partial charge is 0.116 e. The maximum Gasteiger partial charge on any atom is 0.116 e. The zero-order valence-electron chi connectivity index (χ0n) is 5.10. The number of hydrogen-bond donors (Lipinski definition) is 0. The summed E-state index contributed by atoms with van der Waals surface area (Å²) in [7, 11) is 0. The Balaban J connectivity index is -0.0000000147. The van der Waals surface area contributed by atoms with E-state index < -0.39 is 0 Å². The highest BCUT2D eigenvalue weighted by molar-refractivity contribution is 5.44. The molecule has 2 heteroatoms. The summed E-state index contributed by atoms with van der Waals surface area (Å²) in [4.78, 5) is 16.8. The SMILES string of the molecule is C.C=O.CC.CC=O. The van der Waals surface area contributed by atoms with Crippen LogP contribution in [-0.4, -0.2) is 13.1 Å². The van der Waals surface area contributed by atoms with Gasteiger partial charge in [0.05, 0.1) is 0 Å². The van der Waals surface area contributed by atoms with E-state index in [1.165, 1.54) is 6.92 Å². The summed E-state index contributed by atoms with van der Waals surface area (Å²) in [6.45, 7) is 7.44. The van der Waals surface area contributed by atoms with E-state index in [4.69, 9.17) is 9.59 Å². The van der Waals surface area contributed by atoms with Gasteiger partial charge in [-0.25, -0.2) is 0 Å². The van der Waals surface area contributed by atoms with E-state index in [9.17, 15) is 0 Å². The summed E-state index contributed by atoms with van der Waals surface area (Å²) in [5.41, 5.74) is 0. The monoisotopic (exact) mass is 120 g/mol. The summed E-state index contributed by atoms with van der Waals surface area (Å²) >= 11 is 0. The number of rotatable bonds is 0. The zero-order valence-corrected chi connectivity index (χ0v) is 5.10. The Morgan fingerprint density at radius 1 is 1.25 bits per heavy atom. The van der Waals surface area contributed by atoms with E-state index in [0.717, 1.165) is 6.29 Å². The molecule has 52 valence electrons. The van der Waals surface area contributed by atoms with Crippen LogP contribution < -0.4 is 0 Å². The standard InChI is InChI=1S/C2H4O.C2H6.CH2O.CH4/c1-2-3;2*1-2;/h2H,1H3;1-2H3;1H2;1H4. The van der Waals surface area contributed by atoms with Crippen molar-refractivity contribution >= 4 is 13.1 Å². The third-order valence-electron chi connectivity index (χ3n) is 0. The molecule has 0 radical (unpaired) electrons. The minimum absolute atomic E-state index is 0. The Morgan fingerprint density at radius 2 is 1.25 bits per heavy atom. The quantitative estimate of drug-likeness (QED) is 0.456. The number of carbonyl (C=O) groups excluding carboxylic acids is 2. The van der Waals surface area contributed by atoms with E-state index in [-0.39, 0.29) is 7.43 Å². The van der Waals surface area contributed by atoms with Crippen molar-refractivity contribution in [1.29, 1.82) is 0 Å². The highest BCUT2D eigenvalue weighted by Crippen LogP contribution is 1.14. The normalized spacial score (nSPS) is 2.88. The summed E-state index contributed by atoms with van der Waals surface area (Å²) in [6, 6.07) is 0. The van der Waals surface area contributed by atoms with Gasteiger partial charge >= 0.3 is 0 Å². The predicted molar refractivity (Wildman–Crippen MR) is 36.9 cm³/mol. The minimum atomic E-state index is 0. The third kappa shape index (κ3) is 231. The van der Waals surface area contributed by atoms with E-state index >= 15 is 0 Å². The van der Waals surface area contributed by atoms with Crippen LogP contribution in [0, 0.1) is 0 Å². The second kappa shape index (κ2) is 1560. The molecule has 0 N–H and O–H groups in total. The van der Waals surface area contributed by atoms with Crippen LogP contribution in [0.1, 0.15) is 28.2 Å². The van der Waals surface area contributed by atoms with Crippen molar-refractivity contribution in [3.05, 3.63) is 0 Å². The average molecular weight is 120 g/mol. The van der Waals surface area contributed by atoms with E-state index in [1.807, 2.05) is 20.6 Å². The molecule has 0 aromatic heterocycles. The van der Waals surface area contributed by atoms with Crippen LogP contribution in [0.3, 0.4) is 0 Å². The second-order valence-corrected chi connectivity index (χ2v) is 0.236. The van der Waals surface area contributed by atoms with Crippen molar-refractivity contribution < 1.29 is 9.59 Å². The van der Waals surface area contributed by atoms with Crippen LogP contribution in [0.4, 0.5) is 0 Å².